The van der Waals surface area contributed by atoms with E-state index in [2.05, 4.69) is 252 Å². The summed E-state index contributed by atoms with van der Waals surface area (Å²) in [5.74, 6) is 3.96. The van der Waals surface area contributed by atoms with Gasteiger partial charge in [0.25, 0.3) is 0 Å². The average molecular weight is 1220 g/mol. The molecule has 0 N–H and O–H groups in total. The molecule has 5 aromatic rings. The molecule has 0 spiro atoms. The molecule has 9 atom stereocenters. The molecule has 1 heterocycles. The van der Waals surface area contributed by atoms with Gasteiger partial charge in [-0.25, -0.2) is 0 Å². The summed E-state index contributed by atoms with van der Waals surface area (Å²) in [5.41, 5.74) is 30.1. The summed E-state index contributed by atoms with van der Waals surface area (Å²) < 4.78 is 9.46. The number of para-hydroxylation sites is 1. The minimum atomic E-state index is 0.0553. The number of anilines is 1. The fourth-order valence-electron chi connectivity index (χ4n) is 18.8. The first-order valence-corrected chi connectivity index (χ1v) is 36.0. The molecule has 2 saturated carbocycles. The first kappa shape index (κ1) is 61.5. The lowest BCUT2D eigenvalue weighted by atomic mass is 9.65. The van der Waals surface area contributed by atoms with Crippen LogP contribution in [0.5, 0.6) is 0 Å². The molecule has 474 valence electrons. The van der Waals surface area contributed by atoms with Crippen molar-refractivity contribution in [2.24, 2.45) is 46.8 Å². The molecule has 4 aromatic carbocycles. The molecular weight excluding hydrogens is 1130 g/mol. The van der Waals surface area contributed by atoms with Gasteiger partial charge < -0.3 is 14.2 Å². The van der Waals surface area contributed by atoms with E-state index in [1.54, 1.807) is 11.1 Å². The van der Waals surface area contributed by atoms with E-state index in [4.69, 9.17) is 4.74 Å². The zero-order chi connectivity index (χ0) is 63.5. The highest BCUT2D eigenvalue weighted by molar-refractivity contribution is 6.00. The van der Waals surface area contributed by atoms with Gasteiger partial charge >= 0.3 is 0 Å². The van der Waals surface area contributed by atoms with Crippen molar-refractivity contribution in [3.8, 4) is 5.69 Å². The molecule has 8 unspecified atom stereocenters. The van der Waals surface area contributed by atoms with Gasteiger partial charge in [-0.15, -0.1) is 6.58 Å². The van der Waals surface area contributed by atoms with Crippen LogP contribution in [0.3, 0.4) is 0 Å². The molecule has 0 saturated heterocycles. The highest BCUT2D eigenvalue weighted by Crippen LogP contribution is 2.73. The highest BCUT2D eigenvalue weighted by Gasteiger charge is 2.64. The Balaban J connectivity index is 0.741. The van der Waals surface area contributed by atoms with Crippen LogP contribution in [-0.4, -0.2) is 17.3 Å². The molecule has 3 heteroatoms. The number of aromatic nitrogens is 1. The fourth-order valence-corrected chi connectivity index (χ4v) is 18.8. The van der Waals surface area contributed by atoms with Crippen LogP contribution in [0.25, 0.3) is 39.4 Å². The summed E-state index contributed by atoms with van der Waals surface area (Å²) in [4.78, 5) is 2.70. The zero-order valence-corrected chi connectivity index (χ0v) is 56.5. The second kappa shape index (κ2) is 25.5. The summed E-state index contributed by atoms with van der Waals surface area (Å²) in [7, 11) is 0. The Hall–Kier alpha value is -7.72. The van der Waals surface area contributed by atoms with E-state index in [1.807, 2.05) is 11.6 Å². The monoisotopic (exact) mass is 1220 g/mol. The third kappa shape index (κ3) is 11.5. The normalized spacial score (nSPS) is 26.8. The smallest absolute Gasteiger partial charge is 0.0822 e. The van der Waals surface area contributed by atoms with Crippen LogP contribution in [0.15, 0.2) is 252 Å². The Morgan fingerprint density at radius 3 is 2.29 bits per heavy atom. The van der Waals surface area contributed by atoms with Crippen LogP contribution in [-0.2, 0) is 16.6 Å². The Morgan fingerprint density at radius 2 is 1.56 bits per heavy atom. The molecular formula is C90H98N2O. The fraction of sp³-hybridized carbons (Fsp3) is 0.378. The number of nitrogens with zero attached hydrogens (tertiary/aromatic N) is 2. The second-order valence-electron chi connectivity index (χ2n) is 30.5. The Bertz CT molecular complexity index is 4210. The lowest BCUT2D eigenvalue weighted by molar-refractivity contribution is 0.0501. The van der Waals surface area contributed by atoms with Gasteiger partial charge in [0.2, 0.25) is 0 Å². The number of allylic oxidation sites excluding steroid dienone is 24. The van der Waals surface area contributed by atoms with E-state index in [1.165, 1.54) is 151 Å². The van der Waals surface area contributed by atoms with Gasteiger partial charge in [-0.1, -0.05) is 196 Å². The molecule has 15 rings (SSSR count). The standard InChI is InChI=1S/C90H98N2O/c1-9-62-25-30-66(31-26-62)69-40-50-85-82(54-69)83-55-70(41-51-86(83)92(85)74-20-15-12-16-21-74)67-38-46-76(47-39-67)91(75-44-36-65(37-45-75)64-34-42-72(43-35-64)89(6,7)8)77-48-49-79-80-23-17-22-78-71(57-90(88(78)80,84(79)56-77)73-18-13-11-14-19-73)29-24-59(3)58-93-87-53-60(4)81(52-61(87)5)68-32-27-63(10-2)28-33-68/h9-13,15-16,18,20-22,27-28,30,32,34-36,38-40,42-44,46-48,50,52,54-56,59,62,68,71,79-80,87-88H,1-2,14,17,19,23-26,29,31,33,37,41,45,49,51,53,57-58H2,3-8H3/t59?,62?,68?,71-,79?,80?,87?,88?,90?/m1/s1. The van der Waals surface area contributed by atoms with Crippen molar-refractivity contribution in [2.45, 2.75) is 162 Å². The molecule has 0 bridgehead atoms. The Labute approximate surface area is 557 Å². The molecule has 1 aromatic heterocycles. The van der Waals surface area contributed by atoms with Crippen LogP contribution >= 0.6 is 0 Å². The predicted molar refractivity (Wildman–Crippen MR) is 395 cm³/mol. The van der Waals surface area contributed by atoms with Crippen molar-refractivity contribution in [1.29, 1.82) is 0 Å². The van der Waals surface area contributed by atoms with E-state index >= 15 is 0 Å². The summed E-state index contributed by atoms with van der Waals surface area (Å²) in [5, 5.41) is 1.36. The van der Waals surface area contributed by atoms with Gasteiger partial charge in [0.15, 0.2) is 0 Å². The van der Waals surface area contributed by atoms with E-state index < -0.39 is 0 Å². The van der Waals surface area contributed by atoms with Crippen molar-refractivity contribution in [3.63, 3.8) is 0 Å². The third-order valence-electron chi connectivity index (χ3n) is 23.9. The van der Waals surface area contributed by atoms with Gasteiger partial charge in [-0.2, -0.15) is 0 Å². The molecule has 0 aliphatic heterocycles. The molecule has 10 aliphatic carbocycles. The zero-order valence-electron chi connectivity index (χ0n) is 56.5. The first-order chi connectivity index (χ1) is 45.3. The van der Waals surface area contributed by atoms with Gasteiger partial charge in [0, 0.05) is 57.4 Å². The van der Waals surface area contributed by atoms with Crippen molar-refractivity contribution >= 4 is 39.4 Å². The minimum absolute atomic E-state index is 0.0553. The van der Waals surface area contributed by atoms with Crippen LogP contribution in [0, 0.1) is 46.8 Å². The highest BCUT2D eigenvalue weighted by atomic mass is 16.5. The van der Waals surface area contributed by atoms with Gasteiger partial charge in [0.1, 0.15) is 0 Å². The molecule has 3 nitrogen and oxygen atoms in total. The number of hydrogen-bond acceptors (Lipinski definition) is 2. The topological polar surface area (TPSA) is 17.4 Å². The van der Waals surface area contributed by atoms with Crippen LogP contribution in [0.2, 0.25) is 0 Å². The number of rotatable bonds is 17. The molecule has 0 radical (unpaired) electrons. The minimum Gasteiger partial charge on any atom is -0.373 e. The van der Waals surface area contributed by atoms with Crippen molar-refractivity contribution in [1.82, 2.24) is 4.57 Å². The van der Waals surface area contributed by atoms with E-state index in [0.29, 0.717) is 41.4 Å². The summed E-state index contributed by atoms with van der Waals surface area (Å²) >= 11 is 0. The predicted octanol–water partition coefficient (Wildman–Crippen LogP) is 23.6. The summed E-state index contributed by atoms with van der Waals surface area (Å²) in [6.45, 7) is 23.0. The van der Waals surface area contributed by atoms with E-state index in [9.17, 15) is 0 Å². The Kier molecular flexibility index (Phi) is 16.9. The Morgan fingerprint density at radius 1 is 0.753 bits per heavy atom. The second-order valence-corrected chi connectivity index (χ2v) is 30.5. The van der Waals surface area contributed by atoms with Crippen molar-refractivity contribution in [2.75, 3.05) is 11.5 Å². The maximum atomic E-state index is 6.91. The van der Waals surface area contributed by atoms with E-state index in [0.717, 1.165) is 70.8 Å². The van der Waals surface area contributed by atoms with Gasteiger partial charge in [-0.3, -0.25) is 0 Å². The molecule has 93 heavy (non-hydrogen) atoms. The largest absolute Gasteiger partial charge is 0.373 e. The van der Waals surface area contributed by atoms with Crippen LogP contribution in [0.4, 0.5) is 5.69 Å². The first-order valence-electron chi connectivity index (χ1n) is 36.0. The molecule has 10 aliphatic rings. The van der Waals surface area contributed by atoms with Crippen LogP contribution in [0.1, 0.15) is 178 Å². The quantitative estimate of drug-likeness (QED) is 0.0864. The van der Waals surface area contributed by atoms with Crippen molar-refractivity contribution < 1.29 is 4.74 Å². The maximum absolute atomic E-state index is 6.91. The average Bonchev–Trinajstić information content (AvgIpc) is 1.42. The van der Waals surface area contributed by atoms with Crippen molar-refractivity contribution in [3.05, 3.63) is 285 Å². The molecule has 0 amide bonds. The summed E-state index contributed by atoms with van der Waals surface area (Å²) in [6, 6.07) is 37.6. The number of hydrogen-bond donors (Lipinski definition) is 0. The SMILES string of the molecule is C=CC1=CCC(C2=C(C)CC(OCC(C)CC[C@@H]3CC4(C5=CC=CCC5)C5=CC(N(C6=CC=C(c7ccc(C(C)(C)C)cc7)CC6)c6ccc(C7=Cc8c(n(-c9ccccc9)c9ccc(C%10=CCC(C=C)CC%10)cc89)CC7)cc6)=CCC5C5CCC=C3C54)C(C)=C2)C=C1. The lowest BCUT2D eigenvalue weighted by Gasteiger charge is -2.39. The van der Waals surface area contributed by atoms with Gasteiger partial charge in [0.05, 0.1) is 11.6 Å². The molecule has 2 fully saturated rings. The van der Waals surface area contributed by atoms with E-state index in [-0.39, 0.29) is 16.9 Å². The number of ether oxygens (including phenoxy) is 1. The van der Waals surface area contributed by atoms with Gasteiger partial charge in [-0.05, 0) is 274 Å². The lowest BCUT2D eigenvalue weighted by Crippen LogP contribution is -2.30. The number of fused-ring (bicyclic) bond motifs is 6. The third-order valence-corrected chi connectivity index (χ3v) is 23.9. The number of benzene rings is 4. The van der Waals surface area contributed by atoms with Crippen LogP contribution < -0.4 is 4.90 Å². The summed E-state index contributed by atoms with van der Waals surface area (Å²) in [6.07, 6.45) is 58.2. The maximum Gasteiger partial charge on any atom is 0.0822 e.